The molecule has 0 aromatic carbocycles. The molecule has 0 saturated carbocycles. The van der Waals surface area contributed by atoms with Crippen molar-refractivity contribution >= 4 is 17.7 Å². The number of unbranched alkanes of at least 4 members (excludes halogenated alkanes) is 3. The molecule has 6 heteroatoms. The first-order valence-corrected chi connectivity index (χ1v) is 8.62. The average Bonchev–Trinajstić information content (AvgIpc) is 2.89. The summed E-state index contributed by atoms with van der Waals surface area (Å²) in [6.07, 6.45) is 10.2. The topological polar surface area (TPSA) is 75.7 Å². The van der Waals surface area contributed by atoms with Crippen LogP contribution in [0.1, 0.15) is 45.4 Å². The van der Waals surface area contributed by atoms with E-state index in [1.807, 2.05) is 0 Å². The van der Waals surface area contributed by atoms with E-state index in [1.54, 1.807) is 6.08 Å². The van der Waals surface area contributed by atoms with Gasteiger partial charge in [0.15, 0.2) is 0 Å². The zero-order valence-corrected chi connectivity index (χ0v) is 14.5. The van der Waals surface area contributed by atoms with Crippen molar-refractivity contribution in [3.8, 4) is 0 Å². The molecule has 1 aliphatic heterocycles. The van der Waals surface area contributed by atoms with Crippen molar-refractivity contribution in [2.24, 2.45) is 0 Å². The van der Waals surface area contributed by atoms with Crippen LogP contribution in [0.4, 0.5) is 0 Å². The summed E-state index contributed by atoms with van der Waals surface area (Å²) in [6.45, 7) is 6.60. The van der Waals surface area contributed by atoms with Gasteiger partial charge >= 0.3 is 0 Å². The summed E-state index contributed by atoms with van der Waals surface area (Å²) in [5.41, 5.74) is 0. The smallest absolute Gasteiger partial charge is 0.253 e. The first-order valence-electron chi connectivity index (χ1n) is 8.62. The van der Waals surface area contributed by atoms with E-state index < -0.39 is 0 Å². The lowest BCUT2D eigenvalue weighted by atomic mass is 10.1. The van der Waals surface area contributed by atoms with Gasteiger partial charge in [-0.15, -0.1) is 6.58 Å². The molecule has 134 valence electrons. The lowest BCUT2D eigenvalue weighted by Crippen LogP contribution is -2.35. The molecule has 0 fully saturated rings. The minimum Gasteiger partial charge on any atom is -0.364 e. The number of imide groups is 1. The second-order valence-electron chi connectivity index (χ2n) is 5.80. The maximum Gasteiger partial charge on any atom is 0.253 e. The van der Waals surface area contributed by atoms with Gasteiger partial charge in [0.25, 0.3) is 11.8 Å². The predicted molar refractivity (Wildman–Crippen MR) is 92.2 cm³/mol. The van der Waals surface area contributed by atoms with E-state index >= 15 is 0 Å². The Morgan fingerprint density at radius 2 is 1.96 bits per heavy atom. The van der Waals surface area contributed by atoms with Gasteiger partial charge in [-0.05, 0) is 12.8 Å². The van der Waals surface area contributed by atoms with Crippen molar-refractivity contribution in [2.75, 3.05) is 19.7 Å². The Bertz CT molecular complexity index is 456. The Morgan fingerprint density at radius 1 is 1.25 bits per heavy atom. The number of hydrogen-bond acceptors (Lipinski definition) is 4. The Hall–Kier alpha value is -1.95. The molecule has 0 aromatic rings. The van der Waals surface area contributed by atoms with Crippen LogP contribution in [0.5, 0.6) is 0 Å². The summed E-state index contributed by atoms with van der Waals surface area (Å²) in [5.74, 6) is -0.800. The van der Waals surface area contributed by atoms with Crippen LogP contribution < -0.4 is 5.32 Å². The fourth-order valence-electron chi connectivity index (χ4n) is 2.39. The predicted octanol–water partition coefficient (Wildman–Crippen LogP) is 1.96. The molecule has 1 N–H and O–H groups in total. The molecule has 0 bridgehead atoms. The molecule has 1 rings (SSSR count). The van der Waals surface area contributed by atoms with Crippen LogP contribution in [0.2, 0.25) is 0 Å². The SMILES string of the molecule is C=CC(CCCCCC)OCC(=O)NCCCN1C(=O)C=CC1=O. The van der Waals surface area contributed by atoms with Gasteiger partial charge in [-0.25, -0.2) is 0 Å². The van der Waals surface area contributed by atoms with Gasteiger partial charge in [0.05, 0.1) is 6.10 Å². The van der Waals surface area contributed by atoms with Crippen LogP contribution in [0.25, 0.3) is 0 Å². The maximum atomic E-state index is 11.7. The minimum absolute atomic E-state index is 0.00635. The first kappa shape index (κ1) is 20.1. The van der Waals surface area contributed by atoms with E-state index in [4.69, 9.17) is 4.74 Å². The Balaban J connectivity index is 2.09. The van der Waals surface area contributed by atoms with E-state index in [9.17, 15) is 14.4 Å². The first-order chi connectivity index (χ1) is 11.6. The summed E-state index contributed by atoms with van der Waals surface area (Å²) < 4.78 is 5.54. The van der Waals surface area contributed by atoms with Crippen LogP contribution in [-0.4, -0.2) is 48.4 Å². The third-order valence-corrected chi connectivity index (χ3v) is 3.81. The molecule has 0 saturated heterocycles. The monoisotopic (exact) mass is 336 g/mol. The largest absolute Gasteiger partial charge is 0.364 e. The third-order valence-electron chi connectivity index (χ3n) is 3.81. The minimum atomic E-state index is -0.299. The van der Waals surface area contributed by atoms with Gasteiger partial charge in [0, 0.05) is 25.2 Å². The second kappa shape index (κ2) is 11.6. The lowest BCUT2D eigenvalue weighted by molar-refractivity contribution is -0.136. The lowest BCUT2D eigenvalue weighted by Gasteiger charge is -2.15. The highest BCUT2D eigenvalue weighted by Gasteiger charge is 2.22. The summed E-state index contributed by atoms with van der Waals surface area (Å²) >= 11 is 0. The van der Waals surface area contributed by atoms with Crippen LogP contribution in [-0.2, 0) is 19.1 Å². The molecular formula is C18H28N2O4. The van der Waals surface area contributed by atoms with Crippen LogP contribution in [0.3, 0.4) is 0 Å². The number of amides is 3. The van der Waals surface area contributed by atoms with Crippen molar-refractivity contribution in [1.82, 2.24) is 10.2 Å². The van der Waals surface area contributed by atoms with E-state index in [1.165, 1.54) is 31.4 Å². The Kier molecular flexibility index (Phi) is 9.68. The number of hydrogen-bond donors (Lipinski definition) is 1. The van der Waals surface area contributed by atoms with Crippen molar-refractivity contribution in [3.05, 3.63) is 24.8 Å². The normalized spacial score (nSPS) is 15.0. The van der Waals surface area contributed by atoms with Gasteiger partial charge in [-0.3, -0.25) is 19.3 Å². The van der Waals surface area contributed by atoms with Gasteiger partial charge in [-0.2, -0.15) is 0 Å². The molecule has 0 radical (unpaired) electrons. The second-order valence-corrected chi connectivity index (χ2v) is 5.80. The highest BCUT2D eigenvalue weighted by atomic mass is 16.5. The van der Waals surface area contributed by atoms with Gasteiger partial charge < -0.3 is 10.1 Å². The zero-order valence-electron chi connectivity index (χ0n) is 14.5. The average molecular weight is 336 g/mol. The number of nitrogens with one attached hydrogen (secondary N) is 1. The number of carbonyl (C=O) groups excluding carboxylic acids is 3. The Morgan fingerprint density at radius 3 is 2.58 bits per heavy atom. The standard InChI is InChI=1S/C18H28N2O4/c1-3-5-6-7-9-15(4-2)24-14-16(21)19-12-8-13-20-17(22)10-11-18(20)23/h4,10-11,15H,2-3,5-9,12-14H2,1H3,(H,19,21). The molecule has 6 nitrogen and oxygen atoms in total. The van der Waals surface area contributed by atoms with Crippen molar-refractivity contribution < 1.29 is 19.1 Å². The highest BCUT2D eigenvalue weighted by molar-refractivity contribution is 6.12. The number of carbonyl (C=O) groups is 3. The van der Waals surface area contributed by atoms with Crippen molar-refractivity contribution in [3.63, 3.8) is 0 Å². The Labute approximate surface area is 143 Å². The molecule has 1 unspecified atom stereocenters. The molecule has 24 heavy (non-hydrogen) atoms. The summed E-state index contributed by atoms with van der Waals surface area (Å²) in [4.78, 5) is 35.6. The molecule has 1 heterocycles. The van der Waals surface area contributed by atoms with Crippen LogP contribution >= 0.6 is 0 Å². The number of nitrogens with zero attached hydrogens (tertiary/aromatic N) is 1. The van der Waals surface area contributed by atoms with E-state index in [0.717, 1.165) is 17.7 Å². The van der Waals surface area contributed by atoms with Crippen molar-refractivity contribution in [2.45, 2.75) is 51.6 Å². The molecule has 3 amide bonds. The molecule has 0 spiro atoms. The number of ether oxygens (including phenoxy) is 1. The summed E-state index contributed by atoms with van der Waals surface area (Å²) in [7, 11) is 0. The highest BCUT2D eigenvalue weighted by Crippen LogP contribution is 2.09. The van der Waals surface area contributed by atoms with Gasteiger partial charge in [-0.1, -0.05) is 38.7 Å². The number of rotatable bonds is 13. The van der Waals surface area contributed by atoms with Gasteiger partial charge in [0.2, 0.25) is 5.91 Å². The van der Waals surface area contributed by atoms with E-state index in [0.29, 0.717) is 19.5 Å². The molecule has 0 aromatic heterocycles. The fraction of sp³-hybridized carbons (Fsp3) is 0.611. The van der Waals surface area contributed by atoms with Crippen molar-refractivity contribution in [1.29, 1.82) is 0 Å². The maximum absolute atomic E-state index is 11.7. The summed E-state index contributed by atoms with van der Waals surface area (Å²) in [6, 6.07) is 0. The molecule has 1 aliphatic rings. The third kappa shape index (κ3) is 7.55. The molecular weight excluding hydrogens is 308 g/mol. The quantitative estimate of drug-likeness (QED) is 0.317. The van der Waals surface area contributed by atoms with Gasteiger partial charge in [0.1, 0.15) is 6.61 Å². The molecule has 1 atom stereocenters. The van der Waals surface area contributed by atoms with E-state index in [2.05, 4.69) is 18.8 Å². The molecule has 0 aliphatic carbocycles. The van der Waals surface area contributed by atoms with Crippen LogP contribution in [0.15, 0.2) is 24.8 Å². The van der Waals surface area contributed by atoms with E-state index in [-0.39, 0.29) is 30.4 Å². The zero-order chi connectivity index (χ0) is 17.8. The summed E-state index contributed by atoms with van der Waals surface area (Å²) in [5, 5.41) is 2.72. The van der Waals surface area contributed by atoms with Crippen LogP contribution in [0, 0.1) is 0 Å². The fourth-order valence-corrected chi connectivity index (χ4v) is 2.39.